The minimum absolute atomic E-state index is 0.0582. The molecule has 1 aromatic rings. The molecule has 0 radical (unpaired) electrons. The molecule has 5 aliphatic heterocycles. The summed E-state index contributed by atoms with van der Waals surface area (Å²) in [6.45, 7) is 8.25. The molecule has 10 nitrogen and oxygen atoms in total. The molecule has 3 N–H and O–H groups in total. The normalized spacial score (nSPS) is 44.0. The first-order valence-electron chi connectivity index (χ1n) is 12.3. The summed E-state index contributed by atoms with van der Waals surface area (Å²) in [7, 11) is 0. The van der Waals surface area contributed by atoms with Gasteiger partial charge < -0.3 is 30.3 Å². The first-order valence-corrected chi connectivity index (χ1v) is 12.3. The largest absolute Gasteiger partial charge is 0.762 e. The average Bonchev–Trinajstić information content (AvgIpc) is 3.30. The number of aromatic hydroxyl groups is 1. The third kappa shape index (κ3) is 2.16. The molecule has 188 valence electrons. The number of aliphatic hydroxyl groups excluding tert-OH is 1. The van der Waals surface area contributed by atoms with Crippen molar-refractivity contribution in [1.82, 2.24) is 10.1 Å². The zero-order chi connectivity index (χ0) is 25.0. The monoisotopic (exact) mass is 484 g/mol. The average molecular weight is 485 g/mol. The third-order valence-corrected chi connectivity index (χ3v) is 10.6. The van der Waals surface area contributed by atoms with Gasteiger partial charge >= 0.3 is 0 Å². The summed E-state index contributed by atoms with van der Waals surface area (Å²) in [5.41, 5.74) is -3.67. The van der Waals surface area contributed by atoms with Gasteiger partial charge in [-0.15, -0.1) is 0 Å². The number of phenols is 1. The lowest BCUT2D eigenvalue weighted by atomic mass is 9.60. The number of benzene rings is 1. The molecule has 1 saturated carbocycles. The van der Waals surface area contributed by atoms with E-state index in [2.05, 4.69) is 4.90 Å². The van der Waals surface area contributed by atoms with Crippen LogP contribution in [0.25, 0.3) is 0 Å². The van der Waals surface area contributed by atoms with Crippen molar-refractivity contribution in [2.45, 2.75) is 81.4 Å². The van der Waals surface area contributed by atoms with E-state index >= 15 is 0 Å². The molecule has 3 saturated heterocycles. The maximum Gasteiger partial charge on any atom is 0.238 e. The van der Waals surface area contributed by atoms with Gasteiger partial charge in [0.1, 0.15) is 18.0 Å². The zero-order valence-electron chi connectivity index (χ0n) is 20.2. The number of hydrogen-bond donors (Lipinski definition) is 3. The van der Waals surface area contributed by atoms with Gasteiger partial charge in [0.05, 0.1) is 33.8 Å². The van der Waals surface area contributed by atoms with E-state index < -0.39 is 33.8 Å². The lowest BCUT2D eigenvalue weighted by molar-refractivity contribution is -0.182. The predicted octanol–water partition coefficient (Wildman–Crippen LogP) is 1.14. The number of anilines is 1. The number of epoxide rings is 1. The molecule has 7 rings (SSSR count). The van der Waals surface area contributed by atoms with Gasteiger partial charge in [0.25, 0.3) is 0 Å². The van der Waals surface area contributed by atoms with E-state index in [0.29, 0.717) is 30.8 Å². The molecule has 0 unspecified atom stereocenters. The van der Waals surface area contributed by atoms with Gasteiger partial charge in [-0.2, -0.15) is 0 Å². The van der Waals surface area contributed by atoms with Crippen LogP contribution in [0.15, 0.2) is 12.1 Å². The fourth-order valence-electron chi connectivity index (χ4n) is 8.73. The lowest BCUT2D eigenvalue weighted by Gasteiger charge is -2.55. The van der Waals surface area contributed by atoms with Gasteiger partial charge in [0.2, 0.25) is 5.91 Å². The van der Waals surface area contributed by atoms with Crippen LogP contribution >= 0.6 is 0 Å². The van der Waals surface area contributed by atoms with E-state index in [1.165, 1.54) is 11.0 Å². The highest BCUT2D eigenvalue weighted by molar-refractivity contribution is 6.21. The Morgan fingerprint density at radius 1 is 1.20 bits per heavy atom. The predicted molar refractivity (Wildman–Crippen MR) is 122 cm³/mol. The van der Waals surface area contributed by atoms with Crippen LogP contribution in [0, 0.1) is 16.5 Å². The molecule has 5 heterocycles. The number of phenolic OH excluding ortho intramolecular Hbond substituents is 1. The number of rotatable bonds is 1. The molecule has 1 aliphatic carbocycles. The maximum atomic E-state index is 14.6. The Labute approximate surface area is 202 Å². The second-order valence-electron chi connectivity index (χ2n) is 12.5. The number of ketones is 1. The number of fused-ring (bicyclic) bond motifs is 5. The van der Waals surface area contributed by atoms with Gasteiger partial charge in [-0.25, -0.2) is 0 Å². The van der Waals surface area contributed by atoms with E-state index in [4.69, 9.17) is 4.74 Å². The Morgan fingerprint density at radius 3 is 2.60 bits per heavy atom. The summed E-state index contributed by atoms with van der Waals surface area (Å²) in [4.78, 5) is 31.5. The van der Waals surface area contributed by atoms with Crippen molar-refractivity contribution in [3.05, 3.63) is 28.5 Å². The molecule has 1 spiro atoms. The molecule has 6 aliphatic rings. The van der Waals surface area contributed by atoms with Crippen molar-refractivity contribution in [3.63, 3.8) is 0 Å². The molecule has 1 amide bonds. The minimum Gasteiger partial charge on any atom is -0.762 e. The highest BCUT2D eigenvalue weighted by atomic mass is 16.8. The Morgan fingerprint density at radius 2 is 1.91 bits per heavy atom. The molecule has 7 atom stereocenters. The third-order valence-electron chi connectivity index (χ3n) is 10.6. The molecule has 0 aromatic heterocycles. The number of amides is 1. The van der Waals surface area contributed by atoms with Gasteiger partial charge in [0.15, 0.2) is 5.78 Å². The number of nitrogens with zero attached hydrogens (tertiary/aromatic N) is 3. The zero-order valence-corrected chi connectivity index (χ0v) is 20.2. The van der Waals surface area contributed by atoms with Crippen molar-refractivity contribution in [2.24, 2.45) is 11.3 Å². The minimum atomic E-state index is -1.51. The molecular weight excluding hydrogens is 454 g/mol. The van der Waals surface area contributed by atoms with Crippen molar-refractivity contribution in [3.8, 4) is 5.75 Å². The number of morpholine rings is 1. The van der Waals surface area contributed by atoms with Gasteiger partial charge in [-0.05, 0) is 49.7 Å². The Hall–Kier alpha value is -2.08. The smallest absolute Gasteiger partial charge is 0.238 e. The van der Waals surface area contributed by atoms with Crippen molar-refractivity contribution in [2.75, 3.05) is 18.0 Å². The standard InChI is InChI=1S/C25H30N3O7/c1-22(2)15-7-12-19-14(35-19)8-26(12)10-24(15,28(33)34)9-25(22)11-5-6-13(29)16-17(11)27(21(25)32)23(3,4)20(31)18(16)30/h5-6,12,14-15,19-20,29,31,33H,7-10H2,1-4H3/q-1/t12-,14-,15-,19+,20-,24-,25+/m0/s1. The van der Waals surface area contributed by atoms with Crippen molar-refractivity contribution >= 4 is 17.4 Å². The topological polar surface area (TPSA) is 140 Å². The summed E-state index contributed by atoms with van der Waals surface area (Å²) < 4.78 is 5.79. The number of aliphatic hydroxyl groups is 1. The Balaban J connectivity index is 1.47. The van der Waals surface area contributed by atoms with E-state index in [1.807, 2.05) is 13.8 Å². The molecular formula is C25H30N3O7-. The second kappa shape index (κ2) is 6.07. The maximum absolute atomic E-state index is 14.6. The first-order chi connectivity index (χ1) is 16.3. The van der Waals surface area contributed by atoms with Crippen molar-refractivity contribution < 1.29 is 29.7 Å². The number of carbonyl (C=O) groups is 2. The van der Waals surface area contributed by atoms with E-state index in [-0.39, 0.29) is 53.0 Å². The fourth-order valence-corrected chi connectivity index (χ4v) is 8.73. The van der Waals surface area contributed by atoms with Crippen molar-refractivity contribution in [1.29, 1.82) is 0 Å². The van der Waals surface area contributed by atoms with Crippen LogP contribution in [-0.4, -0.2) is 85.8 Å². The number of piperidine rings is 1. The van der Waals surface area contributed by atoms with Crippen LogP contribution in [0.5, 0.6) is 5.75 Å². The molecule has 35 heavy (non-hydrogen) atoms. The van der Waals surface area contributed by atoms with E-state index in [9.17, 15) is 30.2 Å². The highest BCUT2D eigenvalue weighted by Gasteiger charge is 2.77. The highest BCUT2D eigenvalue weighted by Crippen LogP contribution is 2.71. The van der Waals surface area contributed by atoms with Crippen LogP contribution < -0.4 is 4.90 Å². The number of hydrogen-bond acceptors (Lipinski definition) is 9. The summed E-state index contributed by atoms with van der Waals surface area (Å²) in [5.74, 6) is -1.55. The number of carbonyl (C=O) groups excluding carboxylic acids is 2. The summed E-state index contributed by atoms with van der Waals surface area (Å²) >= 11 is 0. The quantitative estimate of drug-likeness (QED) is 0.395. The lowest BCUT2D eigenvalue weighted by Crippen LogP contribution is -2.63. The van der Waals surface area contributed by atoms with Gasteiger partial charge in [-0.1, -0.05) is 19.9 Å². The van der Waals surface area contributed by atoms with E-state index in [0.717, 1.165) is 0 Å². The second-order valence-corrected chi connectivity index (χ2v) is 12.5. The molecule has 10 heteroatoms. The summed E-state index contributed by atoms with van der Waals surface area (Å²) in [6.07, 6.45) is -0.541. The molecule has 0 bridgehead atoms. The number of Topliss-reactive ketones (excluding diaryl/α,β-unsaturated/α-hetero) is 1. The molecule has 1 aromatic carbocycles. The number of hydroxylamine groups is 2. The van der Waals surface area contributed by atoms with Crippen LogP contribution in [0.1, 0.15) is 56.5 Å². The number of ether oxygens (including phenoxy) is 1. The molecule has 4 fully saturated rings. The van der Waals surface area contributed by atoms with Crippen LogP contribution in [0.4, 0.5) is 5.69 Å². The summed E-state index contributed by atoms with van der Waals surface area (Å²) in [5, 5.41) is 45.2. The SMILES string of the molecule is CC1(C)[C@@H](O)C(=O)c2c(O)ccc3c2N1C(=O)[C@@]31C[C@]2(N([O-])O)CN3C[C@@H]4O[C@@H]4[C@@H]3C[C@H]2C1(C)C. The summed E-state index contributed by atoms with van der Waals surface area (Å²) in [6, 6.07) is 3.20. The fraction of sp³-hybridized carbons (Fsp3) is 0.680. The van der Waals surface area contributed by atoms with Gasteiger partial charge in [-0.3, -0.25) is 19.7 Å². The van der Waals surface area contributed by atoms with E-state index in [1.54, 1.807) is 19.9 Å². The van der Waals surface area contributed by atoms with Crippen LogP contribution in [-0.2, 0) is 14.9 Å². The van der Waals surface area contributed by atoms with Crippen LogP contribution in [0.3, 0.4) is 0 Å². The van der Waals surface area contributed by atoms with Gasteiger partial charge in [0, 0.05) is 19.1 Å². The Kier molecular flexibility index (Phi) is 3.84. The Bertz CT molecular complexity index is 1210. The first kappa shape index (κ1) is 22.1. The van der Waals surface area contributed by atoms with Crippen LogP contribution in [0.2, 0.25) is 0 Å².